The van der Waals surface area contributed by atoms with Crippen LogP contribution in [-0.4, -0.2) is 84.9 Å². The van der Waals surface area contributed by atoms with E-state index in [0.717, 1.165) is 11.3 Å². The lowest BCUT2D eigenvalue weighted by Crippen LogP contribution is -2.50. The number of nitriles is 1. The largest absolute Gasteiger partial charge is 0.445 e. The van der Waals surface area contributed by atoms with Gasteiger partial charge < -0.3 is 29.1 Å². The third-order valence-corrected chi connectivity index (χ3v) is 6.27. The molecule has 0 unspecified atom stereocenters. The molecule has 0 aliphatic carbocycles. The van der Waals surface area contributed by atoms with Gasteiger partial charge in [0.25, 0.3) is 0 Å². The summed E-state index contributed by atoms with van der Waals surface area (Å²) in [6, 6.07) is 15.5. The number of benzene rings is 1. The molecule has 0 radical (unpaired) electrons. The van der Waals surface area contributed by atoms with Crippen LogP contribution in [-0.2, 0) is 16.1 Å². The third-order valence-electron chi connectivity index (χ3n) is 6.27. The van der Waals surface area contributed by atoms with Crippen LogP contribution < -0.4 is 9.80 Å². The van der Waals surface area contributed by atoms with E-state index in [1.165, 1.54) is 0 Å². The van der Waals surface area contributed by atoms with Gasteiger partial charge in [-0.05, 0) is 32.4 Å². The number of amides is 2. The van der Waals surface area contributed by atoms with E-state index >= 15 is 0 Å². The highest BCUT2D eigenvalue weighted by Crippen LogP contribution is 2.25. The van der Waals surface area contributed by atoms with Gasteiger partial charge in [0.15, 0.2) is 0 Å². The van der Waals surface area contributed by atoms with E-state index < -0.39 is 5.60 Å². The number of hydrogen-bond donors (Lipinski definition) is 0. The van der Waals surface area contributed by atoms with Crippen LogP contribution in [0.25, 0.3) is 0 Å². The first-order valence-electron chi connectivity index (χ1n) is 12.6. The molecule has 2 amide bonds. The van der Waals surface area contributed by atoms with Gasteiger partial charge in [0, 0.05) is 64.1 Å². The highest BCUT2D eigenvalue weighted by Gasteiger charge is 2.28. The SMILES string of the molecule is CC(C)(C)OC(=O)N1CCN(c2cc(N3CCN(C(=O)OCc4ccccc4)CC3)cc(C#N)n2)CC1. The van der Waals surface area contributed by atoms with E-state index in [4.69, 9.17) is 9.47 Å². The van der Waals surface area contributed by atoms with Crippen molar-refractivity contribution in [1.82, 2.24) is 14.8 Å². The molecule has 0 spiro atoms. The van der Waals surface area contributed by atoms with Crippen molar-refractivity contribution in [3.05, 3.63) is 53.7 Å². The van der Waals surface area contributed by atoms with Crippen molar-refractivity contribution >= 4 is 23.7 Å². The van der Waals surface area contributed by atoms with Gasteiger partial charge in [-0.3, -0.25) is 0 Å². The van der Waals surface area contributed by atoms with Crippen LogP contribution in [0.15, 0.2) is 42.5 Å². The van der Waals surface area contributed by atoms with Crippen LogP contribution in [0.4, 0.5) is 21.1 Å². The number of piperazine rings is 2. The fourth-order valence-corrected chi connectivity index (χ4v) is 4.31. The Morgan fingerprint density at radius 3 is 2.08 bits per heavy atom. The molecule has 4 rings (SSSR count). The van der Waals surface area contributed by atoms with Crippen molar-refractivity contribution < 1.29 is 19.1 Å². The fraction of sp³-hybridized carbons (Fsp3) is 0.481. The first-order valence-corrected chi connectivity index (χ1v) is 12.6. The molecule has 2 aromatic rings. The smallest absolute Gasteiger partial charge is 0.410 e. The number of aromatic nitrogens is 1. The van der Waals surface area contributed by atoms with E-state index in [1.54, 1.807) is 15.9 Å². The number of carbonyl (C=O) groups excluding carboxylic acids is 2. The monoisotopic (exact) mass is 506 g/mol. The zero-order valence-corrected chi connectivity index (χ0v) is 21.7. The van der Waals surface area contributed by atoms with Crippen molar-refractivity contribution in [3.63, 3.8) is 0 Å². The van der Waals surface area contributed by atoms with Crippen LogP contribution in [0, 0.1) is 11.3 Å². The molecule has 10 nitrogen and oxygen atoms in total. The summed E-state index contributed by atoms with van der Waals surface area (Å²) in [5, 5.41) is 9.59. The predicted molar refractivity (Wildman–Crippen MR) is 139 cm³/mol. The van der Waals surface area contributed by atoms with E-state index in [2.05, 4.69) is 20.9 Å². The molecule has 196 valence electrons. The summed E-state index contributed by atoms with van der Waals surface area (Å²) in [7, 11) is 0. The van der Waals surface area contributed by atoms with E-state index in [-0.39, 0.29) is 18.8 Å². The summed E-state index contributed by atoms with van der Waals surface area (Å²) in [5.41, 5.74) is 1.66. The van der Waals surface area contributed by atoms with Crippen LogP contribution in [0.3, 0.4) is 0 Å². The molecule has 0 bridgehead atoms. The Hall–Kier alpha value is -4.00. The van der Waals surface area contributed by atoms with Gasteiger partial charge in [-0.1, -0.05) is 30.3 Å². The lowest BCUT2D eigenvalue weighted by Gasteiger charge is -2.37. The molecule has 1 aromatic carbocycles. The molecule has 2 fully saturated rings. The lowest BCUT2D eigenvalue weighted by atomic mass is 10.2. The van der Waals surface area contributed by atoms with Gasteiger partial charge >= 0.3 is 12.2 Å². The Labute approximate surface area is 218 Å². The van der Waals surface area contributed by atoms with E-state index in [9.17, 15) is 14.9 Å². The Morgan fingerprint density at radius 2 is 1.49 bits per heavy atom. The Bertz CT molecular complexity index is 1130. The molecule has 2 aliphatic rings. The van der Waals surface area contributed by atoms with Crippen LogP contribution in [0.1, 0.15) is 32.0 Å². The second-order valence-corrected chi connectivity index (χ2v) is 10.1. The van der Waals surface area contributed by atoms with Crippen LogP contribution >= 0.6 is 0 Å². The second kappa shape index (κ2) is 11.4. The first-order chi connectivity index (χ1) is 17.7. The minimum atomic E-state index is -0.533. The van der Waals surface area contributed by atoms with Crippen molar-refractivity contribution in [2.45, 2.75) is 33.0 Å². The molecule has 1 aromatic heterocycles. The van der Waals surface area contributed by atoms with Gasteiger partial charge in [-0.2, -0.15) is 5.26 Å². The van der Waals surface area contributed by atoms with Crippen molar-refractivity contribution in [3.8, 4) is 6.07 Å². The normalized spacial score (nSPS) is 16.3. The summed E-state index contributed by atoms with van der Waals surface area (Å²) < 4.78 is 10.9. The third kappa shape index (κ3) is 7.03. The average molecular weight is 507 g/mol. The van der Waals surface area contributed by atoms with Crippen LogP contribution in [0.5, 0.6) is 0 Å². The number of anilines is 2. The van der Waals surface area contributed by atoms with Crippen molar-refractivity contribution in [2.24, 2.45) is 0 Å². The lowest BCUT2D eigenvalue weighted by molar-refractivity contribution is 0.0240. The predicted octanol–water partition coefficient (Wildman–Crippen LogP) is 3.47. The molecule has 0 atom stereocenters. The summed E-state index contributed by atoms with van der Waals surface area (Å²) in [4.78, 5) is 37.1. The zero-order valence-electron chi connectivity index (χ0n) is 21.7. The Balaban J connectivity index is 1.33. The molecule has 37 heavy (non-hydrogen) atoms. The fourth-order valence-electron chi connectivity index (χ4n) is 4.31. The Kier molecular flexibility index (Phi) is 8.01. The maximum atomic E-state index is 12.5. The highest BCUT2D eigenvalue weighted by molar-refractivity contribution is 5.69. The molecule has 0 saturated carbocycles. The molecule has 2 saturated heterocycles. The highest BCUT2D eigenvalue weighted by atomic mass is 16.6. The average Bonchev–Trinajstić information content (AvgIpc) is 2.91. The number of ether oxygens (including phenoxy) is 2. The minimum absolute atomic E-state index is 0.250. The van der Waals surface area contributed by atoms with E-state index in [0.29, 0.717) is 63.9 Å². The number of hydrogen-bond acceptors (Lipinski definition) is 8. The molecular formula is C27H34N6O4. The topological polar surface area (TPSA) is 102 Å². The van der Waals surface area contributed by atoms with Gasteiger partial charge in [0.1, 0.15) is 29.8 Å². The standard InChI is InChI=1S/C27H34N6O4/c1-27(2,3)37-26(35)33-15-11-31(12-16-33)24-18-23(17-22(19-28)29-24)30-9-13-32(14-10-30)25(34)36-20-21-7-5-4-6-8-21/h4-8,17-18H,9-16,20H2,1-3H3. The summed E-state index contributed by atoms with van der Waals surface area (Å²) in [6.07, 6.45) is -0.633. The summed E-state index contributed by atoms with van der Waals surface area (Å²) in [6.45, 7) is 10.4. The second-order valence-electron chi connectivity index (χ2n) is 10.1. The van der Waals surface area contributed by atoms with Gasteiger partial charge in [0.2, 0.25) is 0 Å². The van der Waals surface area contributed by atoms with Crippen molar-refractivity contribution in [2.75, 3.05) is 62.2 Å². The zero-order chi connectivity index (χ0) is 26.4. The number of rotatable bonds is 4. The molecule has 0 N–H and O–H groups in total. The quantitative estimate of drug-likeness (QED) is 0.621. The maximum Gasteiger partial charge on any atom is 0.410 e. The van der Waals surface area contributed by atoms with Crippen LogP contribution in [0.2, 0.25) is 0 Å². The Morgan fingerprint density at radius 1 is 0.892 bits per heavy atom. The van der Waals surface area contributed by atoms with Crippen molar-refractivity contribution in [1.29, 1.82) is 5.26 Å². The first kappa shape index (κ1) is 26.1. The number of carbonyl (C=O) groups is 2. The molecule has 3 heterocycles. The maximum absolute atomic E-state index is 12.5. The molecule has 10 heteroatoms. The number of nitrogens with zero attached hydrogens (tertiary/aromatic N) is 6. The van der Waals surface area contributed by atoms with Gasteiger partial charge in [0.05, 0.1) is 0 Å². The minimum Gasteiger partial charge on any atom is -0.445 e. The molecular weight excluding hydrogens is 472 g/mol. The molecule has 2 aliphatic heterocycles. The van der Waals surface area contributed by atoms with Gasteiger partial charge in [-0.25, -0.2) is 14.6 Å². The summed E-state index contributed by atoms with van der Waals surface area (Å²) >= 11 is 0. The van der Waals surface area contributed by atoms with Gasteiger partial charge in [-0.15, -0.1) is 0 Å². The summed E-state index contributed by atoms with van der Waals surface area (Å²) in [5.74, 6) is 0.711. The van der Waals surface area contributed by atoms with E-state index in [1.807, 2.05) is 57.2 Å². The number of pyridine rings is 1.